The number of rotatable bonds is 8. The Kier molecular flexibility index (Phi) is 7.45. The highest BCUT2D eigenvalue weighted by Crippen LogP contribution is 2.30. The van der Waals surface area contributed by atoms with Crippen LogP contribution in [0.2, 0.25) is 0 Å². The maximum atomic E-state index is 11.0. The van der Waals surface area contributed by atoms with E-state index in [1.807, 2.05) is 73.1 Å². The SMILES string of the molecule is COc1cc([N+](=O)[O-])ccc1NC(=S)Nc1c(C)nn(Cc2cccc(Oc3ccccc3)c2)c1C. The lowest BCUT2D eigenvalue weighted by molar-refractivity contribution is -0.384. The molecule has 0 aliphatic heterocycles. The molecule has 36 heavy (non-hydrogen) atoms. The predicted molar refractivity (Wildman–Crippen MR) is 143 cm³/mol. The smallest absolute Gasteiger partial charge is 0.273 e. The van der Waals surface area contributed by atoms with Crippen LogP contribution in [0.15, 0.2) is 72.8 Å². The number of methoxy groups -OCH3 is 1. The van der Waals surface area contributed by atoms with Crippen molar-refractivity contribution in [3.63, 3.8) is 0 Å². The highest BCUT2D eigenvalue weighted by molar-refractivity contribution is 7.80. The van der Waals surface area contributed by atoms with Gasteiger partial charge in [-0.1, -0.05) is 30.3 Å². The highest BCUT2D eigenvalue weighted by Gasteiger charge is 2.16. The van der Waals surface area contributed by atoms with Crippen molar-refractivity contribution in [1.82, 2.24) is 9.78 Å². The third-order valence-corrected chi connectivity index (χ3v) is 5.68. The van der Waals surface area contributed by atoms with Crippen LogP contribution in [-0.2, 0) is 6.54 Å². The van der Waals surface area contributed by atoms with Crippen LogP contribution in [0.3, 0.4) is 0 Å². The van der Waals surface area contributed by atoms with Crippen molar-refractivity contribution < 1.29 is 14.4 Å². The van der Waals surface area contributed by atoms with Crippen LogP contribution in [0, 0.1) is 24.0 Å². The van der Waals surface area contributed by atoms with Crippen molar-refractivity contribution in [3.05, 3.63) is 99.9 Å². The summed E-state index contributed by atoms with van der Waals surface area (Å²) in [7, 11) is 1.44. The molecule has 0 unspecified atom stereocenters. The van der Waals surface area contributed by atoms with Gasteiger partial charge in [0.05, 0.1) is 47.4 Å². The number of hydrogen-bond donors (Lipinski definition) is 2. The highest BCUT2D eigenvalue weighted by atomic mass is 32.1. The van der Waals surface area contributed by atoms with Crippen LogP contribution in [-0.4, -0.2) is 26.9 Å². The number of aromatic nitrogens is 2. The fourth-order valence-electron chi connectivity index (χ4n) is 3.70. The second-order valence-corrected chi connectivity index (χ2v) is 8.40. The number of anilines is 2. The number of para-hydroxylation sites is 1. The van der Waals surface area contributed by atoms with E-state index in [-0.39, 0.29) is 5.69 Å². The molecule has 0 saturated heterocycles. The minimum atomic E-state index is -0.479. The lowest BCUT2D eigenvalue weighted by Crippen LogP contribution is -2.20. The standard InChI is InChI=1S/C26H25N5O4S/c1-17-25(28-26(36)27-23-13-12-20(31(32)33)15-24(23)34-3)18(2)30(29-17)16-19-8-7-11-22(14-19)35-21-9-5-4-6-10-21/h4-15H,16H2,1-3H3,(H2,27,28,36). The topological polar surface area (TPSA) is 103 Å². The molecule has 10 heteroatoms. The summed E-state index contributed by atoms with van der Waals surface area (Å²) < 4.78 is 13.1. The number of thiocarbonyl (C=S) groups is 1. The van der Waals surface area contributed by atoms with E-state index in [9.17, 15) is 10.1 Å². The van der Waals surface area contributed by atoms with Crippen molar-refractivity contribution in [2.45, 2.75) is 20.4 Å². The Hall–Kier alpha value is -4.44. The molecule has 0 amide bonds. The number of nitrogens with zero attached hydrogens (tertiary/aromatic N) is 3. The first-order chi connectivity index (χ1) is 17.3. The van der Waals surface area contributed by atoms with E-state index in [0.29, 0.717) is 23.1 Å². The first-order valence-electron chi connectivity index (χ1n) is 11.1. The van der Waals surface area contributed by atoms with E-state index >= 15 is 0 Å². The Bertz CT molecular complexity index is 1400. The number of aryl methyl sites for hydroxylation is 1. The number of nitro groups is 1. The van der Waals surface area contributed by atoms with E-state index in [2.05, 4.69) is 15.7 Å². The summed E-state index contributed by atoms with van der Waals surface area (Å²) >= 11 is 5.48. The minimum absolute atomic E-state index is 0.0671. The van der Waals surface area contributed by atoms with Crippen molar-refractivity contribution in [2.24, 2.45) is 0 Å². The lowest BCUT2D eigenvalue weighted by atomic mass is 10.2. The van der Waals surface area contributed by atoms with E-state index in [4.69, 9.17) is 21.7 Å². The summed E-state index contributed by atoms with van der Waals surface area (Å²) in [5.74, 6) is 1.84. The fraction of sp³-hybridized carbons (Fsp3) is 0.154. The number of non-ortho nitro benzene ring substituents is 1. The second-order valence-electron chi connectivity index (χ2n) is 7.99. The molecule has 4 aromatic rings. The van der Waals surface area contributed by atoms with Crippen molar-refractivity contribution in [1.29, 1.82) is 0 Å². The first kappa shape index (κ1) is 24.7. The largest absolute Gasteiger partial charge is 0.494 e. The minimum Gasteiger partial charge on any atom is -0.494 e. The summed E-state index contributed by atoms with van der Waals surface area (Å²) in [6.07, 6.45) is 0. The molecule has 3 aromatic carbocycles. The molecular formula is C26H25N5O4S. The van der Waals surface area contributed by atoms with Crippen LogP contribution < -0.4 is 20.1 Å². The van der Waals surface area contributed by atoms with Gasteiger partial charge in [0.15, 0.2) is 5.11 Å². The van der Waals surface area contributed by atoms with Gasteiger partial charge in [-0.15, -0.1) is 0 Å². The van der Waals surface area contributed by atoms with Gasteiger partial charge in [0.2, 0.25) is 0 Å². The molecule has 1 aromatic heterocycles. The van der Waals surface area contributed by atoms with Gasteiger partial charge >= 0.3 is 0 Å². The van der Waals surface area contributed by atoms with Gasteiger partial charge in [-0.3, -0.25) is 14.8 Å². The molecule has 0 atom stereocenters. The molecule has 0 spiro atoms. The van der Waals surface area contributed by atoms with E-state index < -0.39 is 4.92 Å². The average Bonchev–Trinajstić information content (AvgIpc) is 3.12. The van der Waals surface area contributed by atoms with Gasteiger partial charge in [0.25, 0.3) is 5.69 Å². The van der Waals surface area contributed by atoms with Crippen LogP contribution in [0.25, 0.3) is 0 Å². The van der Waals surface area contributed by atoms with Gasteiger partial charge in [0, 0.05) is 6.07 Å². The molecule has 0 aliphatic carbocycles. The molecule has 1 heterocycles. The van der Waals surface area contributed by atoms with Gasteiger partial charge in [-0.2, -0.15) is 5.10 Å². The zero-order valence-electron chi connectivity index (χ0n) is 20.0. The maximum absolute atomic E-state index is 11.0. The van der Waals surface area contributed by atoms with Crippen LogP contribution in [0.5, 0.6) is 17.2 Å². The summed E-state index contributed by atoms with van der Waals surface area (Å²) in [6, 6.07) is 21.8. The third kappa shape index (κ3) is 5.78. The number of nitrogens with one attached hydrogen (secondary N) is 2. The Morgan fingerprint density at radius 3 is 2.50 bits per heavy atom. The van der Waals surface area contributed by atoms with E-state index in [1.54, 1.807) is 6.07 Å². The summed E-state index contributed by atoms with van der Waals surface area (Å²) in [5, 5.41) is 22.2. The Balaban J connectivity index is 1.46. The zero-order valence-corrected chi connectivity index (χ0v) is 20.8. The molecule has 9 nitrogen and oxygen atoms in total. The molecule has 0 saturated carbocycles. The van der Waals surface area contributed by atoms with Crippen LogP contribution in [0.4, 0.5) is 17.1 Å². The van der Waals surface area contributed by atoms with Crippen molar-refractivity contribution in [3.8, 4) is 17.2 Å². The normalized spacial score (nSPS) is 10.5. The Labute approximate surface area is 213 Å². The number of ether oxygens (including phenoxy) is 2. The average molecular weight is 504 g/mol. The van der Waals surface area contributed by atoms with Gasteiger partial charge in [0.1, 0.15) is 17.2 Å². The third-order valence-electron chi connectivity index (χ3n) is 5.47. The molecule has 0 aliphatic rings. The van der Waals surface area contributed by atoms with Crippen LogP contribution >= 0.6 is 12.2 Å². The summed E-state index contributed by atoms with van der Waals surface area (Å²) in [5.41, 5.74) is 3.95. The van der Waals surface area contributed by atoms with Gasteiger partial charge < -0.3 is 20.1 Å². The quantitative estimate of drug-likeness (QED) is 0.170. The molecule has 0 fully saturated rings. The molecule has 4 rings (SSSR count). The Morgan fingerprint density at radius 2 is 1.78 bits per heavy atom. The van der Waals surface area contributed by atoms with Crippen LogP contribution in [0.1, 0.15) is 17.0 Å². The van der Waals surface area contributed by atoms with E-state index in [0.717, 1.165) is 34.1 Å². The molecule has 184 valence electrons. The van der Waals surface area contributed by atoms with Gasteiger partial charge in [-0.05, 0) is 62.0 Å². The molecule has 0 bridgehead atoms. The monoisotopic (exact) mass is 503 g/mol. The second kappa shape index (κ2) is 10.9. The predicted octanol–water partition coefficient (Wildman–Crippen LogP) is 6.07. The van der Waals surface area contributed by atoms with E-state index in [1.165, 1.54) is 19.2 Å². The number of hydrogen-bond acceptors (Lipinski definition) is 6. The fourth-order valence-corrected chi connectivity index (χ4v) is 3.91. The first-order valence-corrected chi connectivity index (χ1v) is 11.5. The van der Waals surface area contributed by atoms with Crippen molar-refractivity contribution >= 4 is 34.4 Å². The van der Waals surface area contributed by atoms with Gasteiger partial charge in [-0.25, -0.2) is 0 Å². The molecule has 0 radical (unpaired) electrons. The summed E-state index contributed by atoms with van der Waals surface area (Å²) in [6.45, 7) is 4.41. The molecule has 2 N–H and O–H groups in total. The zero-order chi connectivity index (χ0) is 25.7. The number of nitro benzene ring substituents is 1. The van der Waals surface area contributed by atoms with Crippen molar-refractivity contribution in [2.75, 3.05) is 17.7 Å². The lowest BCUT2D eigenvalue weighted by Gasteiger charge is -2.14. The number of benzene rings is 3. The Morgan fingerprint density at radius 1 is 1.03 bits per heavy atom. The maximum Gasteiger partial charge on any atom is 0.273 e. The molecular weight excluding hydrogens is 478 g/mol. The summed E-state index contributed by atoms with van der Waals surface area (Å²) in [4.78, 5) is 10.5.